The molecule has 0 aliphatic heterocycles. The van der Waals surface area contributed by atoms with Crippen LogP contribution in [0.4, 0.5) is 0 Å². The Hall–Kier alpha value is -1.84. The van der Waals surface area contributed by atoms with E-state index in [4.69, 9.17) is 5.11 Å². The molecule has 4 heteroatoms. The van der Waals surface area contributed by atoms with Crippen molar-refractivity contribution in [2.24, 2.45) is 5.92 Å². The molecular formula is C11H11NO3. The lowest BCUT2D eigenvalue weighted by Crippen LogP contribution is -2.21. The fraction of sp³-hybridized carbons (Fsp3) is 0.273. The largest absolute Gasteiger partial charge is 0.481 e. The van der Waals surface area contributed by atoms with Gasteiger partial charge in [-0.05, 0) is 30.2 Å². The van der Waals surface area contributed by atoms with Crippen LogP contribution in [0, 0.1) is 5.92 Å². The van der Waals surface area contributed by atoms with Crippen molar-refractivity contribution in [2.45, 2.75) is 12.8 Å². The van der Waals surface area contributed by atoms with Crippen LogP contribution in [0.3, 0.4) is 0 Å². The number of carbonyl (C=O) groups is 2. The average Bonchev–Trinajstić information content (AvgIpc) is 2.69. The summed E-state index contributed by atoms with van der Waals surface area (Å²) in [4.78, 5) is 25.2. The molecule has 0 fully saturated rings. The van der Waals surface area contributed by atoms with Crippen molar-refractivity contribution in [1.82, 2.24) is 4.98 Å². The van der Waals surface area contributed by atoms with E-state index >= 15 is 0 Å². The highest BCUT2D eigenvalue weighted by Gasteiger charge is 2.28. The number of carbonyl (C=O) groups excluding carboxylic acids is 1. The Morgan fingerprint density at radius 3 is 2.93 bits per heavy atom. The van der Waals surface area contributed by atoms with Gasteiger partial charge in [0.25, 0.3) is 0 Å². The number of aromatic amines is 1. The topological polar surface area (TPSA) is 70.2 Å². The zero-order valence-corrected chi connectivity index (χ0v) is 8.06. The molecule has 1 aromatic heterocycles. The van der Waals surface area contributed by atoms with E-state index in [0.29, 0.717) is 18.4 Å². The first-order valence-electron chi connectivity index (χ1n) is 4.79. The van der Waals surface area contributed by atoms with E-state index in [0.717, 1.165) is 5.69 Å². The number of carboxylic acids is 1. The molecule has 1 atom stereocenters. The van der Waals surface area contributed by atoms with E-state index in [1.165, 1.54) is 6.08 Å². The summed E-state index contributed by atoms with van der Waals surface area (Å²) in [6, 6.07) is 3.56. The van der Waals surface area contributed by atoms with Crippen LogP contribution in [0.15, 0.2) is 24.4 Å². The lowest BCUT2D eigenvalue weighted by atomic mass is 9.85. The van der Waals surface area contributed by atoms with E-state index in [2.05, 4.69) is 4.98 Å². The summed E-state index contributed by atoms with van der Waals surface area (Å²) in [5.41, 5.74) is 1.30. The Morgan fingerprint density at radius 1 is 1.53 bits per heavy atom. The number of rotatable bonds is 2. The maximum absolute atomic E-state index is 11.3. The predicted molar refractivity (Wildman–Crippen MR) is 54.1 cm³/mol. The lowest BCUT2D eigenvalue weighted by molar-refractivity contribution is -0.140. The van der Waals surface area contributed by atoms with E-state index in [1.807, 2.05) is 0 Å². The summed E-state index contributed by atoms with van der Waals surface area (Å²) in [6.45, 7) is 0. The van der Waals surface area contributed by atoms with Gasteiger partial charge in [-0.3, -0.25) is 9.59 Å². The zero-order chi connectivity index (χ0) is 10.8. The molecule has 0 bridgehead atoms. The summed E-state index contributed by atoms with van der Waals surface area (Å²) in [6.07, 6.45) is 3.86. The Kier molecular flexibility index (Phi) is 2.41. The Balaban J connectivity index is 2.40. The maximum atomic E-state index is 11.3. The van der Waals surface area contributed by atoms with Crippen molar-refractivity contribution < 1.29 is 14.7 Å². The molecular weight excluding hydrogens is 194 g/mol. The third kappa shape index (κ3) is 1.83. The van der Waals surface area contributed by atoms with Crippen LogP contribution < -0.4 is 0 Å². The molecule has 2 rings (SSSR count). The van der Waals surface area contributed by atoms with E-state index in [-0.39, 0.29) is 5.78 Å². The SMILES string of the molecule is O=C1C=C(c2ccc[nH]2)C(C(=O)O)CC1. The van der Waals surface area contributed by atoms with Gasteiger partial charge in [0.15, 0.2) is 5.78 Å². The van der Waals surface area contributed by atoms with Crippen LogP contribution in [-0.4, -0.2) is 21.8 Å². The number of H-pyrrole nitrogens is 1. The van der Waals surface area contributed by atoms with Gasteiger partial charge in [0, 0.05) is 18.3 Å². The van der Waals surface area contributed by atoms with Crippen LogP contribution in [0.2, 0.25) is 0 Å². The van der Waals surface area contributed by atoms with Crippen LogP contribution in [0.1, 0.15) is 18.5 Å². The second kappa shape index (κ2) is 3.73. The van der Waals surface area contributed by atoms with Gasteiger partial charge in [0.1, 0.15) is 0 Å². The summed E-state index contributed by atoms with van der Waals surface area (Å²) in [5.74, 6) is -1.44. The van der Waals surface area contributed by atoms with Gasteiger partial charge >= 0.3 is 5.97 Å². The number of aromatic nitrogens is 1. The fourth-order valence-electron chi connectivity index (χ4n) is 1.82. The van der Waals surface area contributed by atoms with E-state index < -0.39 is 11.9 Å². The first kappa shape index (κ1) is 9.71. The molecule has 1 aliphatic carbocycles. The van der Waals surface area contributed by atoms with Crippen LogP contribution in [0.25, 0.3) is 5.57 Å². The summed E-state index contributed by atoms with van der Waals surface area (Å²) >= 11 is 0. The number of ketones is 1. The third-order valence-electron chi connectivity index (χ3n) is 2.58. The molecule has 78 valence electrons. The number of nitrogens with one attached hydrogen (secondary N) is 1. The standard InChI is InChI=1S/C11H11NO3/c13-7-3-4-8(11(14)15)9(6-7)10-2-1-5-12-10/h1-2,5-6,8,12H,3-4H2,(H,14,15). The minimum absolute atomic E-state index is 0.00269. The molecule has 0 saturated heterocycles. The summed E-state index contributed by atoms with van der Waals surface area (Å²) in [5, 5.41) is 9.03. The van der Waals surface area contributed by atoms with Gasteiger partial charge < -0.3 is 10.1 Å². The molecule has 0 radical (unpaired) electrons. The Bertz CT molecular complexity index is 417. The molecule has 0 aromatic carbocycles. The number of allylic oxidation sites excluding steroid dienone is 1. The molecule has 0 spiro atoms. The smallest absolute Gasteiger partial charge is 0.311 e. The first-order valence-corrected chi connectivity index (χ1v) is 4.79. The van der Waals surface area contributed by atoms with Crippen LogP contribution >= 0.6 is 0 Å². The normalized spacial score (nSPS) is 21.2. The van der Waals surface area contributed by atoms with Crippen molar-refractivity contribution >= 4 is 17.3 Å². The van der Waals surface area contributed by atoms with Crippen LogP contribution in [-0.2, 0) is 9.59 Å². The summed E-state index contributed by atoms with van der Waals surface area (Å²) < 4.78 is 0. The highest BCUT2D eigenvalue weighted by atomic mass is 16.4. The van der Waals surface area contributed by atoms with Gasteiger partial charge in [-0.15, -0.1) is 0 Å². The second-order valence-electron chi connectivity index (χ2n) is 3.58. The van der Waals surface area contributed by atoms with Crippen LogP contribution in [0.5, 0.6) is 0 Å². The fourth-order valence-corrected chi connectivity index (χ4v) is 1.82. The van der Waals surface area contributed by atoms with Gasteiger partial charge in [-0.25, -0.2) is 0 Å². The Labute approximate surface area is 86.6 Å². The van der Waals surface area contributed by atoms with Gasteiger partial charge in [-0.1, -0.05) is 0 Å². The molecule has 4 nitrogen and oxygen atoms in total. The number of carboxylic acid groups (broad SMARTS) is 1. The molecule has 15 heavy (non-hydrogen) atoms. The summed E-state index contributed by atoms with van der Waals surface area (Å²) in [7, 11) is 0. The highest BCUT2D eigenvalue weighted by Crippen LogP contribution is 2.30. The second-order valence-corrected chi connectivity index (χ2v) is 3.58. The monoisotopic (exact) mass is 205 g/mol. The van der Waals surface area contributed by atoms with Crippen molar-refractivity contribution in [2.75, 3.05) is 0 Å². The molecule has 1 aliphatic rings. The number of hydrogen-bond acceptors (Lipinski definition) is 2. The molecule has 0 amide bonds. The number of aliphatic carboxylic acids is 1. The predicted octanol–water partition coefficient (Wildman–Crippen LogP) is 1.46. The van der Waals surface area contributed by atoms with E-state index in [9.17, 15) is 9.59 Å². The minimum Gasteiger partial charge on any atom is -0.481 e. The molecule has 1 unspecified atom stereocenters. The van der Waals surface area contributed by atoms with Gasteiger partial charge in [-0.2, -0.15) is 0 Å². The van der Waals surface area contributed by atoms with Gasteiger partial charge in [0.05, 0.1) is 5.92 Å². The lowest BCUT2D eigenvalue weighted by Gasteiger charge is -2.18. The first-order chi connectivity index (χ1) is 7.18. The third-order valence-corrected chi connectivity index (χ3v) is 2.58. The Morgan fingerprint density at radius 2 is 2.33 bits per heavy atom. The molecule has 2 N–H and O–H groups in total. The van der Waals surface area contributed by atoms with Crippen molar-refractivity contribution in [3.63, 3.8) is 0 Å². The maximum Gasteiger partial charge on any atom is 0.311 e. The average molecular weight is 205 g/mol. The number of hydrogen-bond donors (Lipinski definition) is 2. The van der Waals surface area contributed by atoms with Crippen molar-refractivity contribution in [1.29, 1.82) is 0 Å². The van der Waals surface area contributed by atoms with E-state index in [1.54, 1.807) is 18.3 Å². The quantitative estimate of drug-likeness (QED) is 0.767. The minimum atomic E-state index is -0.872. The van der Waals surface area contributed by atoms with Crippen molar-refractivity contribution in [3.8, 4) is 0 Å². The molecule has 1 heterocycles. The molecule has 0 saturated carbocycles. The van der Waals surface area contributed by atoms with Gasteiger partial charge in [0.2, 0.25) is 0 Å². The highest BCUT2D eigenvalue weighted by molar-refractivity contribution is 6.02. The zero-order valence-electron chi connectivity index (χ0n) is 8.06. The molecule has 1 aromatic rings. The van der Waals surface area contributed by atoms with Crippen molar-refractivity contribution in [3.05, 3.63) is 30.1 Å².